The number of nitrogens with one attached hydrogen (secondary N) is 3. The molecule has 5 rings (SSSR count). The Balaban J connectivity index is 1.33. The lowest BCUT2D eigenvalue weighted by Crippen LogP contribution is -2.62. The molecule has 0 spiro atoms. The van der Waals surface area contributed by atoms with E-state index < -0.39 is 39.9 Å². The van der Waals surface area contributed by atoms with Crippen LogP contribution in [0.25, 0.3) is 16.6 Å². The van der Waals surface area contributed by atoms with Crippen LogP contribution in [0.4, 0.5) is 10.1 Å². The normalized spacial score (nSPS) is 18.9. The molecule has 0 aliphatic carbocycles. The quantitative estimate of drug-likeness (QED) is 0.310. The predicted molar refractivity (Wildman–Crippen MR) is 150 cm³/mol. The van der Waals surface area contributed by atoms with Gasteiger partial charge >= 0.3 is 0 Å². The van der Waals surface area contributed by atoms with Crippen LogP contribution in [0.5, 0.6) is 0 Å². The number of hydrogen-bond acceptors (Lipinski definition) is 5. The average molecular weight is 605 g/mol. The number of benzene rings is 3. The lowest BCUT2D eigenvalue weighted by Gasteiger charge is -2.35. The highest BCUT2D eigenvalue weighted by atomic mass is 35.5. The third-order valence-electron chi connectivity index (χ3n) is 6.55. The maximum atomic E-state index is 13.5. The number of amides is 2. The van der Waals surface area contributed by atoms with Crippen molar-refractivity contribution in [2.75, 3.05) is 12.4 Å². The minimum Gasteiger partial charge on any atom is -0.349 e. The summed E-state index contributed by atoms with van der Waals surface area (Å²) in [5.41, 5.74) is 2.17. The van der Waals surface area contributed by atoms with Crippen LogP contribution in [-0.2, 0) is 26.3 Å². The van der Waals surface area contributed by atoms with Gasteiger partial charge in [-0.3, -0.25) is 9.59 Å². The minimum atomic E-state index is -4.17. The first-order valence-electron chi connectivity index (χ1n) is 12.1. The van der Waals surface area contributed by atoms with E-state index in [1.54, 1.807) is 10.7 Å². The molecule has 2 amide bonds. The molecule has 10 nitrogen and oxygen atoms in total. The van der Waals surface area contributed by atoms with E-state index >= 15 is 0 Å². The summed E-state index contributed by atoms with van der Waals surface area (Å²) in [6.07, 6.45) is -0.156. The summed E-state index contributed by atoms with van der Waals surface area (Å²) in [5, 5.41) is 11.0. The number of aromatic nitrogens is 2. The molecule has 1 saturated heterocycles. The Hall–Kier alpha value is -3.55. The minimum absolute atomic E-state index is 0.00416. The Labute approximate surface area is 239 Å². The van der Waals surface area contributed by atoms with Crippen LogP contribution in [-0.4, -0.2) is 53.4 Å². The number of rotatable bonds is 6. The third kappa shape index (κ3) is 5.54. The average Bonchev–Trinajstić information content (AvgIpc) is 3.29. The van der Waals surface area contributed by atoms with E-state index in [0.29, 0.717) is 16.4 Å². The number of nitrogens with zero attached hydrogens (tertiary/aromatic N) is 3. The Morgan fingerprint density at radius 2 is 1.77 bits per heavy atom. The van der Waals surface area contributed by atoms with Gasteiger partial charge in [-0.1, -0.05) is 53.5 Å². The van der Waals surface area contributed by atoms with Crippen molar-refractivity contribution in [3.63, 3.8) is 0 Å². The van der Waals surface area contributed by atoms with Crippen LogP contribution in [0.1, 0.15) is 12.1 Å². The highest BCUT2D eigenvalue weighted by molar-refractivity contribution is 7.87. The summed E-state index contributed by atoms with van der Waals surface area (Å²) in [6, 6.07) is 15.8. The van der Waals surface area contributed by atoms with Crippen LogP contribution in [0.15, 0.2) is 66.7 Å². The highest BCUT2D eigenvalue weighted by Gasteiger charge is 2.42. The fraction of sp³-hybridized carbons (Fsp3) is 0.192. The molecule has 2 atom stereocenters. The van der Waals surface area contributed by atoms with Crippen LogP contribution in [0.3, 0.4) is 0 Å². The summed E-state index contributed by atoms with van der Waals surface area (Å²) >= 11 is 12.2. The number of carbonyl (C=O) groups is 2. The van der Waals surface area contributed by atoms with Gasteiger partial charge in [0, 0.05) is 18.1 Å². The molecule has 1 aromatic heterocycles. The van der Waals surface area contributed by atoms with Gasteiger partial charge in [-0.05, 0) is 42.8 Å². The monoisotopic (exact) mass is 604 g/mol. The molecule has 40 heavy (non-hydrogen) atoms. The van der Waals surface area contributed by atoms with Gasteiger partial charge in [0.15, 0.2) is 0 Å². The van der Waals surface area contributed by atoms with E-state index in [1.165, 1.54) is 19.2 Å². The fourth-order valence-corrected chi connectivity index (χ4v) is 6.09. The molecule has 208 valence electrons. The number of hydrogen-bond donors (Lipinski definition) is 3. The SMILES string of the molecule is CN1C(C(=O)Nc2ccc(F)c(Cl)c2)CC(C(=O)NCc2nn(-c3ccccc3Cl)c3ccccc23)NS1(=O)=O. The van der Waals surface area contributed by atoms with Gasteiger partial charge in [-0.25, -0.2) is 9.07 Å². The smallest absolute Gasteiger partial charge is 0.280 e. The van der Waals surface area contributed by atoms with Gasteiger partial charge in [0.1, 0.15) is 17.9 Å². The zero-order valence-electron chi connectivity index (χ0n) is 20.9. The van der Waals surface area contributed by atoms with Gasteiger partial charge in [-0.15, -0.1) is 0 Å². The van der Waals surface area contributed by atoms with Gasteiger partial charge < -0.3 is 10.6 Å². The molecule has 1 fully saturated rings. The molecule has 2 unspecified atom stereocenters. The second kappa shape index (κ2) is 11.1. The molecule has 3 aromatic carbocycles. The van der Waals surface area contributed by atoms with E-state index in [2.05, 4.69) is 20.5 Å². The standard InChI is InChI=1S/C26H23Cl2FN6O4S/c1-34-24(26(37)31-15-10-11-19(29)18(28)12-15)13-20(33-40(34,38)39)25(36)30-14-21-16-6-2-4-8-22(16)35(32-21)23-9-5-3-7-17(23)27/h2-12,20,24,33H,13-14H2,1H3,(H,30,36)(H,31,37). The van der Waals surface area contributed by atoms with E-state index in [4.69, 9.17) is 23.2 Å². The number of carbonyl (C=O) groups excluding carboxylic acids is 2. The van der Waals surface area contributed by atoms with Crippen molar-refractivity contribution in [2.45, 2.75) is 25.0 Å². The van der Waals surface area contributed by atoms with Crippen molar-refractivity contribution in [1.29, 1.82) is 0 Å². The molecule has 0 radical (unpaired) electrons. The second-order valence-corrected chi connectivity index (χ2v) is 11.7. The fourth-order valence-electron chi connectivity index (χ4n) is 4.44. The van der Waals surface area contributed by atoms with E-state index in [9.17, 15) is 22.4 Å². The van der Waals surface area contributed by atoms with Crippen LogP contribution in [0, 0.1) is 5.82 Å². The second-order valence-electron chi connectivity index (χ2n) is 9.11. The molecular weight excluding hydrogens is 582 g/mol. The van der Waals surface area contributed by atoms with E-state index in [1.807, 2.05) is 42.5 Å². The van der Waals surface area contributed by atoms with Crippen molar-refractivity contribution in [1.82, 2.24) is 24.1 Å². The number of para-hydroxylation sites is 2. The largest absolute Gasteiger partial charge is 0.349 e. The molecule has 4 aromatic rings. The van der Waals surface area contributed by atoms with Crippen LogP contribution in [0.2, 0.25) is 10.0 Å². The maximum absolute atomic E-state index is 13.5. The summed E-state index contributed by atoms with van der Waals surface area (Å²) in [4.78, 5) is 26.1. The lowest BCUT2D eigenvalue weighted by atomic mass is 10.1. The third-order valence-corrected chi connectivity index (χ3v) is 8.75. The number of fused-ring (bicyclic) bond motifs is 1. The topological polar surface area (TPSA) is 125 Å². The first kappa shape index (κ1) is 28.0. The number of halogens is 3. The maximum Gasteiger partial charge on any atom is 0.280 e. The number of likely N-dealkylation sites (N-methyl/N-ethyl adjacent to an activating group) is 1. The summed E-state index contributed by atoms with van der Waals surface area (Å²) in [5.74, 6) is -1.99. The predicted octanol–water partition coefficient (Wildman–Crippen LogP) is 3.63. The van der Waals surface area contributed by atoms with Crippen molar-refractivity contribution in [3.8, 4) is 5.69 Å². The highest BCUT2D eigenvalue weighted by Crippen LogP contribution is 2.27. The molecule has 0 saturated carbocycles. The molecule has 14 heteroatoms. The molecular formula is C26H23Cl2FN6O4S. The van der Waals surface area contributed by atoms with Gasteiger partial charge in [-0.2, -0.15) is 22.5 Å². The summed E-state index contributed by atoms with van der Waals surface area (Å²) in [7, 11) is -2.94. The van der Waals surface area contributed by atoms with E-state index in [0.717, 1.165) is 21.3 Å². The Kier molecular flexibility index (Phi) is 7.80. The van der Waals surface area contributed by atoms with Crippen molar-refractivity contribution in [3.05, 3.63) is 88.3 Å². The summed E-state index contributed by atoms with van der Waals surface area (Å²) in [6.45, 7) is -0.00416. The Bertz CT molecular complexity index is 1730. The Morgan fingerprint density at radius 3 is 2.52 bits per heavy atom. The Morgan fingerprint density at radius 1 is 1.05 bits per heavy atom. The zero-order chi connectivity index (χ0) is 28.6. The molecule has 1 aliphatic rings. The van der Waals surface area contributed by atoms with Crippen molar-refractivity contribution < 1.29 is 22.4 Å². The lowest BCUT2D eigenvalue weighted by molar-refractivity contribution is -0.124. The van der Waals surface area contributed by atoms with Crippen LogP contribution < -0.4 is 15.4 Å². The van der Waals surface area contributed by atoms with Gasteiger partial charge in [0.2, 0.25) is 11.8 Å². The molecule has 3 N–H and O–H groups in total. The van der Waals surface area contributed by atoms with Gasteiger partial charge in [0.05, 0.1) is 33.5 Å². The first-order chi connectivity index (χ1) is 19.0. The summed E-state index contributed by atoms with van der Waals surface area (Å²) < 4.78 is 43.8. The molecule has 1 aliphatic heterocycles. The van der Waals surface area contributed by atoms with Crippen molar-refractivity contribution in [2.24, 2.45) is 0 Å². The van der Waals surface area contributed by atoms with E-state index in [-0.39, 0.29) is 23.7 Å². The zero-order valence-corrected chi connectivity index (χ0v) is 23.3. The molecule has 2 heterocycles. The van der Waals surface area contributed by atoms with Crippen molar-refractivity contribution >= 4 is 61.8 Å². The number of anilines is 1. The first-order valence-corrected chi connectivity index (χ1v) is 14.2. The molecule has 0 bridgehead atoms. The van der Waals surface area contributed by atoms with Crippen LogP contribution >= 0.6 is 23.2 Å². The van der Waals surface area contributed by atoms with Gasteiger partial charge in [0.25, 0.3) is 10.2 Å².